The van der Waals surface area contributed by atoms with Crippen LogP contribution in [0.25, 0.3) is 0 Å². The van der Waals surface area contributed by atoms with E-state index >= 15 is 0 Å². The van der Waals surface area contributed by atoms with Crippen LogP contribution in [-0.2, 0) is 11.2 Å². The summed E-state index contributed by atoms with van der Waals surface area (Å²) in [5.74, 6) is 0.837. The van der Waals surface area contributed by atoms with E-state index in [1.54, 1.807) is 6.92 Å². The number of aromatic amines is 2. The Bertz CT molecular complexity index is 976. The molecule has 2 fully saturated rings. The zero-order chi connectivity index (χ0) is 20.4. The molecule has 0 aliphatic carbocycles. The molecule has 1 amide bonds. The molecule has 2 aliphatic rings. The van der Waals surface area contributed by atoms with Gasteiger partial charge >= 0.3 is 5.69 Å². The van der Waals surface area contributed by atoms with Gasteiger partial charge in [-0.2, -0.15) is 0 Å². The number of likely N-dealkylation sites (tertiary alicyclic amines) is 1. The molecule has 2 aliphatic heterocycles. The molecule has 2 aromatic rings. The Hall–Kier alpha value is -2.71. The minimum Gasteiger partial charge on any atom is -0.342 e. The molecule has 2 unspecified atom stereocenters. The van der Waals surface area contributed by atoms with Gasteiger partial charge in [-0.25, -0.2) is 4.79 Å². The third-order valence-corrected chi connectivity index (χ3v) is 6.23. The van der Waals surface area contributed by atoms with E-state index in [2.05, 4.69) is 45.1 Å². The SMILES string of the molecule is Cc1[nH]c(=O)[nH]c(=O)c1CC(=O)N1CCC(C2NNCC2c2ccccc2)CC1. The summed E-state index contributed by atoms with van der Waals surface area (Å²) in [6.45, 7) is 3.92. The summed E-state index contributed by atoms with van der Waals surface area (Å²) in [7, 11) is 0. The maximum Gasteiger partial charge on any atom is 0.325 e. The third kappa shape index (κ3) is 4.18. The van der Waals surface area contributed by atoms with Crippen molar-refractivity contribution >= 4 is 5.91 Å². The van der Waals surface area contributed by atoms with E-state index in [1.165, 1.54) is 5.56 Å². The van der Waals surface area contributed by atoms with E-state index in [4.69, 9.17) is 0 Å². The lowest BCUT2D eigenvalue weighted by Gasteiger charge is -2.36. The normalized spacial score (nSPS) is 22.7. The Morgan fingerprint density at radius 1 is 1.10 bits per heavy atom. The summed E-state index contributed by atoms with van der Waals surface area (Å²) < 4.78 is 0. The average molecular weight is 397 g/mol. The van der Waals surface area contributed by atoms with Crippen molar-refractivity contribution in [2.24, 2.45) is 5.92 Å². The van der Waals surface area contributed by atoms with Crippen LogP contribution in [0, 0.1) is 12.8 Å². The van der Waals surface area contributed by atoms with Crippen molar-refractivity contribution in [1.82, 2.24) is 25.7 Å². The van der Waals surface area contributed by atoms with Crippen LogP contribution in [0.2, 0.25) is 0 Å². The Morgan fingerprint density at radius 3 is 2.52 bits per heavy atom. The molecular formula is C21H27N5O3. The molecule has 154 valence electrons. The van der Waals surface area contributed by atoms with Crippen molar-refractivity contribution in [3.05, 3.63) is 68.0 Å². The molecule has 1 aromatic heterocycles. The number of hydrogen-bond acceptors (Lipinski definition) is 5. The first-order valence-corrected chi connectivity index (χ1v) is 10.2. The van der Waals surface area contributed by atoms with Gasteiger partial charge in [0.05, 0.1) is 6.42 Å². The first-order valence-electron chi connectivity index (χ1n) is 10.2. The van der Waals surface area contributed by atoms with E-state index in [0.717, 1.165) is 19.4 Å². The van der Waals surface area contributed by atoms with Crippen LogP contribution in [0.1, 0.15) is 35.6 Å². The number of carbonyl (C=O) groups is 1. The molecule has 2 atom stereocenters. The van der Waals surface area contributed by atoms with Crippen molar-refractivity contribution < 1.29 is 4.79 Å². The first-order chi connectivity index (χ1) is 14.0. The van der Waals surface area contributed by atoms with E-state index in [0.29, 0.717) is 42.2 Å². The predicted octanol–water partition coefficient (Wildman–Crippen LogP) is 0.413. The van der Waals surface area contributed by atoms with Crippen LogP contribution in [0.3, 0.4) is 0 Å². The lowest BCUT2D eigenvalue weighted by molar-refractivity contribution is -0.132. The van der Waals surface area contributed by atoms with E-state index in [-0.39, 0.29) is 12.3 Å². The number of H-pyrrole nitrogens is 2. The van der Waals surface area contributed by atoms with Gasteiger partial charge in [0, 0.05) is 42.9 Å². The fourth-order valence-corrected chi connectivity index (χ4v) is 4.60. The molecule has 0 bridgehead atoms. The highest BCUT2D eigenvalue weighted by Crippen LogP contribution is 2.32. The average Bonchev–Trinajstić information content (AvgIpc) is 3.21. The summed E-state index contributed by atoms with van der Waals surface area (Å²) in [5, 5.41) is 0. The highest BCUT2D eigenvalue weighted by molar-refractivity contribution is 5.79. The Labute approximate surface area is 168 Å². The van der Waals surface area contributed by atoms with E-state index in [1.807, 2.05) is 11.0 Å². The van der Waals surface area contributed by atoms with Gasteiger partial charge in [0.25, 0.3) is 5.56 Å². The van der Waals surface area contributed by atoms with Crippen LogP contribution in [0.5, 0.6) is 0 Å². The first kappa shape index (κ1) is 19.6. The smallest absolute Gasteiger partial charge is 0.325 e. The lowest BCUT2D eigenvalue weighted by Crippen LogP contribution is -2.46. The highest BCUT2D eigenvalue weighted by atomic mass is 16.2. The number of hydrogen-bond donors (Lipinski definition) is 4. The largest absolute Gasteiger partial charge is 0.342 e. The minimum absolute atomic E-state index is 0.0124. The summed E-state index contributed by atoms with van der Waals surface area (Å²) in [5.41, 5.74) is 7.84. The van der Waals surface area contributed by atoms with Gasteiger partial charge in [0.2, 0.25) is 5.91 Å². The number of hydrazine groups is 1. The van der Waals surface area contributed by atoms with Crippen molar-refractivity contribution in [1.29, 1.82) is 0 Å². The monoisotopic (exact) mass is 397 g/mol. The maximum absolute atomic E-state index is 12.7. The number of aryl methyl sites for hydroxylation is 1. The van der Waals surface area contributed by atoms with E-state index < -0.39 is 11.2 Å². The molecule has 8 nitrogen and oxygen atoms in total. The van der Waals surface area contributed by atoms with Gasteiger partial charge in [0.1, 0.15) is 0 Å². The number of piperidine rings is 1. The lowest BCUT2D eigenvalue weighted by atomic mass is 9.80. The molecular weight excluding hydrogens is 370 g/mol. The third-order valence-electron chi connectivity index (χ3n) is 6.23. The van der Waals surface area contributed by atoms with Gasteiger partial charge in [-0.3, -0.25) is 25.4 Å². The van der Waals surface area contributed by atoms with Crippen LogP contribution in [0.15, 0.2) is 39.9 Å². The number of benzene rings is 1. The number of rotatable bonds is 4. The highest BCUT2D eigenvalue weighted by Gasteiger charge is 2.36. The number of amides is 1. The molecule has 2 saturated heterocycles. The van der Waals surface area contributed by atoms with Crippen LogP contribution >= 0.6 is 0 Å². The number of nitrogens with one attached hydrogen (secondary N) is 4. The summed E-state index contributed by atoms with van der Waals surface area (Å²) in [6, 6.07) is 10.9. The van der Waals surface area contributed by atoms with Crippen molar-refractivity contribution in [3.63, 3.8) is 0 Å². The Morgan fingerprint density at radius 2 is 1.83 bits per heavy atom. The van der Waals surface area contributed by atoms with Crippen molar-refractivity contribution in [3.8, 4) is 0 Å². The zero-order valence-corrected chi connectivity index (χ0v) is 16.5. The standard InChI is InChI=1S/C21H27N5O3/c1-13-16(20(28)24-21(29)23-13)11-18(27)26-9-7-15(8-10-26)19-17(12-22-25-19)14-5-3-2-4-6-14/h2-6,15,17,19,22,25H,7-12H2,1H3,(H2,23,24,28,29). The van der Waals surface area contributed by atoms with Crippen LogP contribution < -0.4 is 22.1 Å². The zero-order valence-electron chi connectivity index (χ0n) is 16.5. The second-order valence-electron chi connectivity index (χ2n) is 7.97. The van der Waals surface area contributed by atoms with Gasteiger partial charge in [-0.15, -0.1) is 0 Å². The molecule has 8 heteroatoms. The molecule has 0 spiro atoms. The Balaban J connectivity index is 1.37. The van der Waals surface area contributed by atoms with Crippen molar-refractivity contribution in [2.45, 2.75) is 38.1 Å². The van der Waals surface area contributed by atoms with Gasteiger partial charge in [0.15, 0.2) is 0 Å². The number of carbonyl (C=O) groups excluding carboxylic acids is 1. The molecule has 4 N–H and O–H groups in total. The second-order valence-corrected chi connectivity index (χ2v) is 7.97. The Kier molecular flexibility index (Phi) is 5.64. The topological polar surface area (TPSA) is 110 Å². The molecule has 1 aromatic carbocycles. The number of nitrogens with zero attached hydrogens (tertiary/aromatic N) is 1. The maximum atomic E-state index is 12.7. The quantitative estimate of drug-likeness (QED) is 0.598. The predicted molar refractivity (Wildman–Crippen MR) is 110 cm³/mol. The van der Waals surface area contributed by atoms with Crippen LogP contribution in [-0.4, -0.2) is 46.5 Å². The van der Waals surface area contributed by atoms with Gasteiger partial charge in [-0.1, -0.05) is 30.3 Å². The molecule has 0 saturated carbocycles. The molecule has 29 heavy (non-hydrogen) atoms. The van der Waals surface area contributed by atoms with Crippen LogP contribution in [0.4, 0.5) is 0 Å². The minimum atomic E-state index is -0.546. The van der Waals surface area contributed by atoms with E-state index in [9.17, 15) is 14.4 Å². The fourth-order valence-electron chi connectivity index (χ4n) is 4.60. The summed E-state index contributed by atoms with van der Waals surface area (Å²) in [6.07, 6.45) is 1.86. The molecule has 0 radical (unpaired) electrons. The second kappa shape index (κ2) is 8.34. The summed E-state index contributed by atoms with van der Waals surface area (Å²) in [4.78, 5) is 42.7. The van der Waals surface area contributed by atoms with Gasteiger partial charge in [-0.05, 0) is 31.2 Å². The molecule has 4 rings (SSSR count). The van der Waals surface area contributed by atoms with Crippen molar-refractivity contribution in [2.75, 3.05) is 19.6 Å². The number of aromatic nitrogens is 2. The summed E-state index contributed by atoms with van der Waals surface area (Å²) >= 11 is 0. The van der Waals surface area contributed by atoms with Gasteiger partial charge < -0.3 is 9.88 Å². The molecule has 3 heterocycles. The fraction of sp³-hybridized carbons (Fsp3) is 0.476.